The van der Waals surface area contributed by atoms with Crippen molar-refractivity contribution >= 4 is 5.91 Å². The van der Waals surface area contributed by atoms with Gasteiger partial charge in [0.15, 0.2) is 0 Å². The average Bonchev–Trinajstić information content (AvgIpc) is 2.15. The van der Waals surface area contributed by atoms with Crippen molar-refractivity contribution in [1.29, 1.82) is 0 Å². The molecule has 4 nitrogen and oxygen atoms in total. The zero-order valence-corrected chi connectivity index (χ0v) is 7.24. The molecular weight excluding hydrogens is 166 g/mol. The molecule has 0 unspecified atom stereocenters. The minimum Gasteiger partial charge on any atom is -0.359 e. The maximum absolute atomic E-state index is 10.3. The number of amides is 1. The molecule has 0 aromatic carbocycles. The Labute approximate surface area is 76.2 Å². The summed E-state index contributed by atoms with van der Waals surface area (Å²) in [6.07, 6.45) is 2.42. The summed E-state index contributed by atoms with van der Waals surface area (Å²) in [7, 11) is 0. The minimum absolute atomic E-state index is 0.332. The van der Waals surface area contributed by atoms with E-state index in [-0.39, 0.29) is 0 Å². The van der Waals surface area contributed by atoms with Gasteiger partial charge in [-0.05, 0) is 18.4 Å². The van der Waals surface area contributed by atoms with Crippen LogP contribution in [0.3, 0.4) is 0 Å². The van der Waals surface area contributed by atoms with Crippen molar-refractivity contribution in [2.45, 2.75) is 13.3 Å². The summed E-state index contributed by atoms with van der Waals surface area (Å²) in [6.45, 7) is 1.98. The fraction of sp³-hybridized carbons (Fsp3) is 0.222. The van der Waals surface area contributed by atoms with E-state index in [1.807, 2.05) is 6.92 Å². The van der Waals surface area contributed by atoms with E-state index in [1.54, 1.807) is 12.3 Å². The Bertz CT molecular complexity index is 376. The molecule has 1 heterocycles. The molecule has 0 aliphatic rings. The number of nitrogens with two attached hydrogens (primary N) is 1. The van der Waals surface area contributed by atoms with Gasteiger partial charge in [-0.25, -0.2) is 9.97 Å². The van der Waals surface area contributed by atoms with Crippen molar-refractivity contribution in [2.75, 3.05) is 0 Å². The lowest BCUT2D eigenvalue weighted by Crippen LogP contribution is -2.06. The zero-order valence-electron chi connectivity index (χ0n) is 7.24. The summed E-state index contributed by atoms with van der Waals surface area (Å²) in [5.74, 6) is 4.31. The van der Waals surface area contributed by atoms with Gasteiger partial charge in [0, 0.05) is 17.8 Å². The lowest BCUT2D eigenvalue weighted by Gasteiger charge is -1.93. The number of hydrogen-bond donors (Lipinski definition) is 1. The Hall–Kier alpha value is -1.89. The van der Waals surface area contributed by atoms with Gasteiger partial charge in [-0.3, -0.25) is 4.79 Å². The van der Waals surface area contributed by atoms with Crippen LogP contribution in [0.25, 0.3) is 0 Å². The third-order valence-electron chi connectivity index (χ3n) is 1.37. The second-order valence-corrected chi connectivity index (χ2v) is 2.34. The first-order chi connectivity index (χ1) is 6.22. The second kappa shape index (κ2) is 4.21. The Morgan fingerprint density at radius 2 is 2.46 bits per heavy atom. The highest BCUT2D eigenvalue weighted by atomic mass is 16.1. The maximum atomic E-state index is 10.3. The molecule has 0 bridgehead atoms. The topological polar surface area (TPSA) is 68.9 Å². The van der Waals surface area contributed by atoms with E-state index in [0.29, 0.717) is 5.82 Å². The van der Waals surface area contributed by atoms with Crippen LogP contribution in [0.15, 0.2) is 12.3 Å². The summed E-state index contributed by atoms with van der Waals surface area (Å²) in [4.78, 5) is 18.3. The average molecular weight is 175 g/mol. The molecule has 2 N–H and O–H groups in total. The van der Waals surface area contributed by atoms with E-state index in [0.717, 1.165) is 12.1 Å². The minimum atomic E-state index is -0.675. The van der Waals surface area contributed by atoms with Crippen molar-refractivity contribution in [1.82, 2.24) is 9.97 Å². The molecule has 1 rings (SSSR count). The van der Waals surface area contributed by atoms with Crippen LogP contribution in [-0.2, 0) is 11.2 Å². The third-order valence-corrected chi connectivity index (χ3v) is 1.37. The molecule has 1 amide bonds. The number of hydrogen-bond acceptors (Lipinski definition) is 3. The lowest BCUT2D eigenvalue weighted by atomic mass is 10.3. The molecule has 0 fully saturated rings. The van der Waals surface area contributed by atoms with Crippen LogP contribution in [0.1, 0.15) is 18.4 Å². The number of carbonyl (C=O) groups excluding carboxylic acids is 1. The summed E-state index contributed by atoms with van der Waals surface area (Å²) in [5, 5.41) is 0. The Morgan fingerprint density at radius 1 is 1.69 bits per heavy atom. The van der Waals surface area contributed by atoms with Crippen molar-refractivity contribution in [3.63, 3.8) is 0 Å². The molecule has 0 saturated heterocycles. The van der Waals surface area contributed by atoms with Crippen LogP contribution in [0.5, 0.6) is 0 Å². The lowest BCUT2D eigenvalue weighted by molar-refractivity contribution is -0.112. The normalized spacial score (nSPS) is 8.69. The van der Waals surface area contributed by atoms with Gasteiger partial charge >= 0.3 is 0 Å². The van der Waals surface area contributed by atoms with Gasteiger partial charge < -0.3 is 5.73 Å². The largest absolute Gasteiger partial charge is 0.359 e. The smallest absolute Gasteiger partial charge is 0.293 e. The molecular formula is C9H9N3O. The number of aryl methyl sites for hydroxylation is 1. The van der Waals surface area contributed by atoms with Gasteiger partial charge in [-0.2, -0.15) is 0 Å². The zero-order chi connectivity index (χ0) is 9.68. The summed E-state index contributed by atoms with van der Waals surface area (Å²) >= 11 is 0. The quantitative estimate of drug-likeness (QED) is 0.605. The van der Waals surface area contributed by atoms with E-state index < -0.39 is 5.91 Å². The van der Waals surface area contributed by atoms with E-state index in [4.69, 9.17) is 5.73 Å². The van der Waals surface area contributed by atoms with Crippen LogP contribution in [0, 0.1) is 11.8 Å². The van der Waals surface area contributed by atoms with E-state index in [2.05, 4.69) is 21.8 Å². The van der Waals surface area contributed by atoms with E-state index >= 15 is 0 Å². The Morgan fingerprint density at radius 3 is 3.08 bits per heavy atom. The molecule has 1 aromatic rings. The van der Waals surface area contributed by atoms with Gasteiger partial charge in [0.1, 0.15) is 0 Å². The molecule has 66 valence electrons. The summed E-state index contributed by atoms with van der Waals surface area (Å²) < 4.78 is 0. The molecule has 0 aliphatic heterocycles. The van der Waals surface area contributed by atoms with Crippen LogP contribution in [-0.4, -0.2) is 15.9 Å². The molecule has 0 atom stereocenters. The van der Waals surface area contributed by atoms with Crippen LogP contribution < -0.4 is 5.73 Å². The number of primary amides is 1. The monoisotopic (exact) mass is 175 g/mol. The van der Waals surface area contributed by atoms with Crippen LogP contribution >= 0.6 is 0 Å². The number of nitrogens with zero attached hydrogens (tertiary/aromatic N) is 2. The molecule has 1 aromatic heterocycles. The summed E-state index contributed by atoms with van der Waals surface area (Å²) in [6, 6.07) is 1.80. The first kappa shape index (κ1) is 9.20. The fourth-order valence-electron chi connectivity index (χ4n) is 0.771. The van der Waals surface area contributed by atoms with Crippen LogP contribution in [0.4, 0.5) is 0 Å². The van der Waals surface area contributed by atoms with Crippen molar-refractivity contribution in [2.24, 2.45) is 5.73 Å². The van der Waals surface area contributed by atoms with Crippen LogP contribution in [0.2, 0.25) is 0 Å². The van der Waals surface area contributed by atoms with Crippen molar-refractivity contribution in [3.8, 4) is 11.8 Å². The first-order valence-corrected chi connectivity index (χ1v) is 3.85. The predicted octanol–water partition coefficient (Wildman–Crippen LogP) is -0.124. The third kappa shape index (κ3) is 2.91. The highest BCUT2D eigenvalue weighted by Crippen LogP contribution is 1.94. The Balaban J connectivity index is 2.91. The molecule has 0 radical (unpaired) electrons. The summed E-state index contributed by atoms with van der Waals surface area (Å²) in [5.41, 5.74) is 5.74. The van der Waals surface area contributed by atoms with Gasteiger partial charge in [-0.15, -0.1) is 0 Å². The van der Waals surface area contributed by atoms with Crippen molar-refractivity contribution in [3.05, 3.63) is 23.8 Å². The maximum Gasteiger partial charge on any atom is 0.293 e. The SMILES string of the molecule is CCc1ccnc(C#CC(N)=O)n1. The van der Waals surface area contributed by atoms with Gasteiger partial charge in [-0.1, -0.05) is 6.92 Å². The standard InChI is InChI=1S/C9H9N3O/c1-2-7-5-6-11-9(12-7)4-3-8(10)13/h5-6H,2H2,1H3,(H2,10,13). The number of rotatable bonds is 1. The predicted molar refractivity (Wildman–Crippen MR) is 47.5 cm³/mol. The molecule has 13 heavy (non-hydrogen) atoms. The fourth-order valence-corrected chi connectivity index (χ4v) is 0.771. The first-order valence-electron chi connectivity index (χ1n) is 3.85. The number of carbonyl (C=O) groups is 1. The van der Waals surface area contributed by atoms with Gasteiger partial charge in [0.25, 0.3) is 5.91 Å². The van der Waals surface area contributed by atoms with Crippen molar-refractivity contribution < 1.29 is 4.79 Å². The Kier molecular flexibility index (Phi) is 2.98. The molecule has 4 heteroatoms. The highest BCUT2D eigenvalue weighted by molar-refractivity contribution is 5.92. The van der Waals surface area contributed by atoms with Gasteiger partial charge in [0.05, 0.1) is 0 Å². The van der Waals surface area contributed by atoms with Gasteiger partial charge in [0.2, 0.25) is 5.82 Å². The number of aromatic nitrogens is 2. The highest BCUT2D eigenvalue weighted by Gasteiger charge is 1.93. The second-order valence-electron chi connectivity index (χ2n) is 2.34. The molecule has 0 spiro atoms. The van der Waals surface area contributed by atoms with E-state index in [9.17, 15) is 4.79 Å². The van der Waals surface area contributed by atoms with E-state index in [1.165, 1.54) is 0 Å². The molecule has 0 aliphatic carbocycles. The molecule has 0 saturated carbocycles.